The molecular formula is C15H17N3O3. The van der Waals surface area contributed by atoms with Crippen molar-refractivity contribution in [3.63, 3.8) is 0 Å². The number of hydrogen-bond donors (Lipinski definition) is 2. The lowest BCUT2D eigenvalue weighted by Gasteiger charge is -2.06. The molecule has 0 aromatic carbocycles. The highest BCUT2D eigenvalue weighted by atomic mass is 16.3. The molecule has 0 spiro atoms. The van der Waals surface area contributed by atoms with E-state index < -0.39 is 0 Å². The summed E-state index contributed by atoms with van der Waals surface area (Å²) in [6.45, 7) is 0.824. The number of carbonyl (C=O) groups is 2. The number of carbonyl (C=O) groups excluding carboxylic acids is 2. The summed E-state index contributed by atoms with van der Waals surface area (Å²) in [5.74, 6) is -0.344. The Bertz CT molecular complexity index is 567. The number of nitrogens with zero attached hydrogens (tertiary/aromatic N) is 1. The van der Waals surface area contributed by atoms with Crippen LogP contribution in [0.3, 0.4) is 0 Å². The average Bonchev–Trinajstić information content (AvgIpc) is 3.02. The van der Waals surface area contributed by atoms with Crippen LogP contribution < -0.4 is 10.6 Å². The first-order valence-corrected chi connectivity index (χ1v) is 6.73. The highest BCUT2D eigenvalue weighted by Gasteiger charge is 2.07. The van der Waals surface area contributed by atoms with Gasteiger partial charge in [-0.2, -0.15) is 0 Å². The topological polar surface area (TPSA) is 84.2 Å². The van der Waals surface area contributed by atoms with E-state index in [1.807, 2.05) is 18.2 Å². The zero-order chi connectivity index (χ0) is 14.9. The highest BCUT2D eigenvalue weighted by Crippen LogP contribution is 1.98. The second-order valence-electron chi connectivity index (χ2n) is 4.44. The van der Waals surface area contributed by atoms with Gasteiger partial charge in [-0.3, -0.25) is 14.6 Å². The van der Waals surface area contributed by atoms with E-state index in [2.05, 4.69) is 15.6 Å². The van der Waals surface area contributed by atoms with Crippen LogP contribution in [-0.4, -0.2) is 29.9 Å². The van der Waals surface area contributed by atoms with E-state index in [0.29, 0.717) is 25.1 Å². The number of furan rings is 1. The zero-order valence-corrected chi connectivity index (χ0v) is 11.5. The third-order valence-corrected chi connectivity index (χ3v) is 2.85. The van der Waals surface area contributed by atoms with E-state index in [1.165, 1.54) is 12.5 Å². The first-order valence-electron chi connectivity index (χ1n) is 6.73. The summed E-state index contributed by atoms with van der Waals surface area (Å²) in [4.78, 5) is 27.3. The zero-order valence-electron chi connectivity index (χ0n) is 11.5. The fourth-order valence-corrected chi connectivity index (χ4v) is 1.75. The molecule has 2 aromatic heterocycles. The number of rotatable bonds is 7. The van der Waals surface area contributed by atoms with Crippen molar-refractivity contribution in [3.8, 4) is 0 Å². The molecule has 0 fully saturated rings. The monoisotopic (exact) mass is 287 g/mol. The lowest BCUT2D eigenvalue weighted by molar-refractivity contribution is -0.120. The second kappa shape index (κ2) is 7.84. The molecule has 2 N–H and O–H groups in total. The maximum absolute atomic E-state index is 11.6. The molecule has 6 nitrogen and oxygen atoms in total. The van der Waals surface area contributed by atoms with Crippen molar-refractivity contribution in [2.45, 2.75) is 12.8 Å². The normalized spacial score (nSPS) is 10.1. The van der Waals surface area contributed by atoms with Gasteiger partial charge in [-0.25, -0.2) is 0 Å². The van der Waals surface area contributed by atoms with Gasteiger partial charge in [0.2, 0.25) is 5.91 Å². The van der Waals surface area contributed by atoms with E-state index in [1.54, 1.807) is 12.3 Å². The van der Waals surface area contributed by atoms with Crippen LogP contribution in [0.2, 0.25) is 0 Å². The van der Waals surface area contributed by atoms with Crippen LogP contribution in [0.25, 0.3) is 0 Å². The van der Waals surface area contributed by atoms with Gasteiger partial charge in [-0.15, -0.1) is 0 Å². The van der Waals surface area contributed by atoms with Crippen molar-refractivity contribution in [2.75, 3.05) is 13.1 Å². The molecule has 110 valence electrons. The minimum atomic E-state index is -0.245. The second-order valence-corrected chi connectivity index (χ2v) is 4.44. The van der Waals surface area contributed by atoms with Crippen LogP contribution in [0.4, 0.5) is 0 Å². The molecule has 0 aliphatic carbocycles. The van der Waals surface area contributed by atoms with Gasteiger partial charge < -0.3 is 15.1 Å². The fourth-order valence-electron chi connectivity index (χ4n) is 1.75. The van der Waals surface area contributed by atoms with Crippen LogP contribution in [-0.2, 0) is 11.2 Å². The van der Waals surface area contributed by atoms with Gasteiger partial charge >= 0.3 is 0 Å². The van der Waals surface area contributed by atoms with Crippen molar-refractivity contribution in [1.82, 2.24) is 15.6 Å². The van der Waals surface area contributed by atoms with Gasteiger partial charge in [0.05, 0.1) is 11.8 Å². The molecule has 0 saturated heterocycles. The number of nitrogens with one attached hydrogen (secondary N) is 2. The average molecular weight is 287 g/mol. The van der Waals surface area contributed by atoms with Gasteiger partial charge in [0.25, 0.3) is 5.91 Å². The minimum absolute atomic E-state index is 0.0987. The Morgan fingerprint density at radius 1 is 1.14 bits per heavy atom. The highest BCUT2D eigenvalue weighted by molar-refractivity contribution is 5.93. The molecule has 21 heavy (non-hydrogen) atoms. The first-order chi connectivity index (χ1) is 10.3. The molecular weight excluding hydrogens is 270 g/mol. The third-order valence-electron chi connectivity index (χ3n) is 2.85. The largest absolute Gasteiger partial charge is 0.472 e. The lowest BCUT2D eigenvalue weighted by atomic mass is 10.2. The third kappa shape index (κ3) is 5.10. The Kier molecular flexibility index (Phi) is 5.51. The summed E-state index contributed by atoms with van der Waals surface area (Å²) in [6.07, 6.45) is 5.45. The SMILES string of the molecule is O=C(CCNC(=O)c1ccoc1)NCCc1ccccn1. The number of pyridine rings is 1. The Balaban J connectivity index is 1.58. The van der Waals surface area contributed by atoms with Gasteiger partial charge in [0.15, 0.2) is 0 Å². The Morgan fingerprint density at radius 2 is 2.05 bits per heavy atom. The first kappa shape index (κ1) is 14.8. The molecule has 0 atom stereocenters. The predicted octanol–water partition coefficient (Wildman–Crippen LogP) is 1.15. The number of hydrogen-bond acceptors (Lipinski definition) is 4. The summed E-state index contributed by atoms with van der Waals surface area (Å²) in [5.41, 5.74) is 1.39. The maximum Gasteiger partial charge on any atom is 0.254 e. The van der Waals surface area contributed by atoms with Crippen LogP contribution in [0.5, 0.6) is 0 Å². The van der Waals surface area contributed by atoms with Crippen molar-refractivity contribution >= 4 is 11.8 Å². The van der Waals surface area contributed by atoms with Gasteiger partial charge in [-0.05, 0) is 18.2 Å². The quantitative estimate of drug-likeness (QED) is 0.800. The van der Waals surface area contributed by atoms with E-state index in [-0.39, 0.29) is 18.2 Å². The van der Waals surface area contributed by atoms with E-state index in [9.17, 15) is 9.59 Å². The molecule has 2 aromatic rings. The summed E-state index contributed by atoms with van der Waals surface area (Å²) >= 11 is 0. The minimum Gasteiger partial charge on any atom is -0.472 e. The van der Waals surface area contributed by atoms with Gasteiger partial charge in [0, 0.05) is 37.8 Å². The number of aromatic nitrogens is 1. The molecule has 0 unspecified atom stereocenters. The van der Waals surface area contributed by atoms with Crippen LogP contribution >= 0.6 is 0 Å². The smallest absolute Gasteiger partial charge is 0.254 e. The van der Waals surface area contributed by atoms with E-state index in [0.717, 1.165) is 5.69 Å². The van der Waals surface area contributed by atoms with Crippen molar-refractivity contribution < 1.29 is 14.0 Å². The van der Waals surface area contributed by atoms with Crippen molar-refractivity contribution in [3.05, 3.63) is 54.2 Å². The molecule has 2 rings (SSSR count). The molecule has 2 heterocycles. The van der Waals surface area contributed by atoms with E-state index in [4.69, 9.17) is 4.42 Å². The lowest BCUT2D eigenvalue weighted by Crippen LogP contribution is -2.31. The Morgan fingerprint density at radius 3 is 2.76 bits per heavy atom. The summed E-state index contributed by atoms with van der Waals surface area (Å²) in [5, 5.41) is 5.44. The van der Waals surface area contributed by atoms with E-state index >= 15 is 0 Å². The molecule has 6 heteroatoms. The standard InChI is InChI=1S/C15H17N3O3/c19-14(17-8-4-13-3-1-2-7-16-13)5-9-18-15(20)12-6-10-21-11-12/h1-3,6-7,10-11H,4-5,8-9H2,(H,17,19)(H,18,20). The molecule has 0 aliphatic rings. The van der Waals surface area contributed by atoms with Crippen LogP contribution in [0, 0.1) is 0 Å². The van der Waals surface area contributed by atoms with Crippen molar-refractivity contribution in [1.29, 1.82) is 0 Å². The Hall–Kier alpha value is -2.63. The molecule has 0 saturated carbocycles. The van der Waals surface area contributed by atoms with Gasteiger partial charge in [0.1, 0.15) is 6.26 Å². The van der Waals surface area contributed by atoms with Crippen molar-refractivity contribution in [2.24, 2.45) is 0 Å². The summed E-state index contributed by atoms with van der Waals surface area (Å²) < 4.78 is 4.81. The molecule has 0 radical (unpaired) electrons. The molecule has 0 bridgehead atoms. The van der Waals surface area contributed by atoms with Crippen LogP contribution in [0.1, 0.15) is 22.5 Å². The predicted molar refractivity (Wildman–Crippen MR) is 76.6 cm³/mol. The summed E-state index contributed by atoms with van der Waals surface area (Å²) in [7, 11) is 0. The fraction of sp³-hybridized carbons (Fsp3) is 0.267. The molecule has 2 amide bonds. The molecule has 0 aliphatic heterocycles. The Labute approximate surface area is 122 Å². The van der Waals surface area contributed by atoms with Crippen LogP contribution in [0.15, 0.2) is 47.4 Å². The maximum atomic E-state index is 11.6. The number of amides is 2. The van der Waals surface area contributed by atoms with Gasteiger partial charge in [-0.1, -0.05) is 6.07 Å². The summed E-state index contributed by atoms with van der Waals surface area (Å²) in [6, 6.07) is 7.25.